The maximum Gasteiger partial charge on any atom is 0.0966 e. The SMILES string of the molecule is Cn1ccc2ccc(-c3cc(NCc4cc(Br)ccn4)cc4nccnc34)cc21. The molecular formula is C23H18BrN5. The van der Waals surface area contributed by atoms with Crippen molar-refractivity contribution in [2.24, 2.45) is 7.05 Å². The zero-order valence-corrected chi connectivity index (χ0v) is 17.4. The molecule has 5 rings (SSSR count). The summed E-state index contributed by atoms with van der Waals surface area (Å²) in [5.41, 5.74) is 7.08. The number of rotatable bonds is 4. The van der Waals surface area contributed by atoms with Gasteiger partial charge in [-0.15, -0.1) is 0 Å². The maximum atomic E-state index is 4.60. The van der Waals surface area contributed by atoms with Gasteiger partial charge in [0.1, 0.15) is 0 Å². The molecule has 3 aromatic heterocycles. The van der Waals surface area contributed by atoms with E-state index >= 15 is 0 Å². The zero-order chi connectivity index (χ0) is 19.8. The molecule has 0 aliphatic carbocycles. The fourth-order valence-corrected chi connectivity index (χ4v) is 3.95. The monoisotopic (exact) mass is 443 g/mol. The first kappa shape index (κ1) is 17.8. The van der Waals surface area contributed by atoms with Gasteiger partial charge in [-0.1, -0.05) is 28.1 Å². The molecular weight excluding hydrogens is 426 g/mol. The molecule has 0 atom stereocenters. The molecule has 0 aliphatic rings. The Kier molecular flexibility index (Phi) is 4.48. The molecule has 29 heavy (non-hydrogen) atoms. The predicted octanol–water partition coefficient (Wildman–Crippen LogP) is 5.56. The van der Waals surface area contributed by atoms with Gasteiger partial charge in [0.2, 0.25) is 0 Å². The first-order valence-corrected chi connectivity index (χ1v) is 10.1. The number of hydrogen-bond acceptors (Lipinski definition) is 4. The van der Waals surface area contributed by atoms with Gasteiger partial charge in [0, 0.05) is 53.1 Å². The maximum absolute atomic E-state index is 4.60. The van der Waals surface area contributed by atoms with Crippen molar-refractivity contribution in [3.05, 3.63) is 83.5 Å². The van der Waals surface area contributed by atoms with Crippen molar-refractivity contribution < 1.29 is 0 Å². The van der Waals surface area contributed by atoms with Crippen molar-refractivity contribution in [2.75, 3.05) is 5.32 Å². The molecule has 5 nitrogen and oxygen atoms in total. The van der Waals surface area contributed by atoms with E-state index in [1.54, 1.807) is 18.6 Å². The summed E-state index contributed by atoms with van der Waals surface area (Å²) >= 11 is 3.50. The standard InChI is InChI=1S/C23H18BrN5/c1-29-9-5-15-2-3-16(10-22(15)29)20-12-18(13-21-23(20)27-8-7-26-21)28-14-19-11-17(24)4-6-25-19/h2-13,28H,14H2,1H3. The number of anilines is 1. The molecule has 3 heterocycles. The molecule has 6 heteroatoms. The summed E-state index contributed by atoms with van der Waals surface area (Å²) in [4.78, 5) is 13.6. The Morgan fingerprint density at radius 2 is 1.83 bits per heavy atom. The van der Waals surface area contributed by atoms with E-state index < -0.39 is 0 Å². The number of aromatic nitrogens is 4. The third-order valence-electron chi connectivity index (χ3n) is 5.03. The first-order valence-electron chi connectivity index (χ1n) is 9.32. The number of nitrogens with one attached hydrogen (secondary N) is 1. The number of fused-ring (bicyclic) bond motifs is 2. The summed E-state index contributed by atoms with van der Waals surface area (Å²) in [6, 6.07) is 16.7. The molecule has 0 bridgehead atoms. The summed E-state index contributed by atoms with van der Waals surface area (Å²) in [6.07, 6.45) is 7.35. The summed E-state index contributed by atoms with van der Waals surface area (Å²) in [6.45, 7) is 0.626. The number of pyridine rings is 1. The normalized spacial score (nSPS) is 11.2. The molecule has 0 radical (unpaired) electrons. The zero-order valence-electron chi connectivity index (χ0n) is 15.8. The highest BCUT2D eigenvalue weighted by Crippen LogP contribution is 2.32. The Hall–Kier alpha value is -3.25. The van der Waals surface area contributed by atoms with Crippen LogP contribution in [0.25, 0.3) is 33.1 Å². The van der Waals surface area contributed by atoms with Crippen molar-refractivity contribution in [3.8, 4) is 11.1 Å². The summed E-state index contributed by atoms with van der Waals surface area (Å²) < 4.78 is 3.15. The molecule has 0 fully saturated rings. The fraction of sp³-hybridized carbons (Fsp3) is 0.0870. The van der Waals surface area contributed by atoms with Crippen LogP contribution in [0.2, 0.25) is 0 Å². The van der Waals surface area contributed by atoms with Gasteiger partial charge >= 0.3 is 0 Å². The molecule has 0 spiro atoms. The minimum Gasteiger partial charge on any atom is -0.379 e. The number of benzene rings is 2. The van der Waals surface area contributed by atoms with Crippen LogP contribution in [-0.2, 0) is 13.6 Å². The van der Waals surface area contributed by atoms with E-state index in [-0.39, 0.29) is 0 Å². The van der Waals surface area contributed by atoms with E-state index in [2.05, 4.69) is 84.3 Å². The van der Waals surface area contributed by atoms with Gasteiger partial charge in [0.05, 0.1) is 23.3 Å². The molecule has 0 saturated heterocycles. The molecule has 0 unspecified atom stereocenters. The highest BCUT2D eigenvalue weighted by molar-refractivity contribution is 9.10. The highest BCUT2D eigenvalue weighted by Gasteiger charge is 2.10. The van der Waals surface area contributed by atoms with Gasteiger partial charge in [-0.05, 0) is 47.3 Å². The quantitative estimate of drug-likeness (QED) is 0.395. The van der Waals surface area contributed by atoms with Crippen molar-refractivity contribution in [1.82, 2.24) is 19.5 Å². The molecule has 2 aromatic carbocycles. The van der Waals surface area contributed by atoms with Crippen LogP contribution >= 0.6 is 15.9 Å². The van der Waals surface area contributed by atoms with Crippen LogP contribution in [0.3, 0.4) is 0 Å². The summed E-state index contributed by atoms with van der Waals surface area (Å²) in [7, 11) is 2.06. The fourth-order valence-electron chi connectivity index (χ4n) is 3.56. The van der Waals surface area contributed by atoms with Crippen LogP contribution in [0, 0.1) is 0 Å². The van der Waals surface area contributed by atoms with Gasteiger partial charge in [-0.2, -0.15) is 0 Å². The average Bonchev–Trinajstić information content (AvgIpc) is 3.12. The molecule has 1 N–H and O–H groups in total. The average molecular weight is 444 g/mol. The molecule has 0 amide bonds. The Morgan fingerprint density at radius 3 is 2.72 bits per heavy atom. The third kappa shape index (κ3) is 3.47. The van der Waals surface area contributed by atoms with Crippen LogP contribution in [0.15, 0.2) is 77.8 Å². The molecule has 0 aliphatic heterocycles. The molecule has 142 valence electrons. The van der Waals surface area contributed by atoms with E-state index in [0.29, 0.717) is 6.54 Å². The van der Waals surface area contributed by atoms with Gasteiger partial charge in [-0.25, -0.2) is 0 Å². The van der Waals surface area contributed by atoms with Gasteiger partial charge in [0.15, 0.2) is 0 Å². The van der Waals surface area contributed by atoms with Crippen LogP contribution in [0.4, 0.5) is 5.69 Å². The van der Waals surface area contributed by atoms with Crippen LogP contribution in [0.5, 0.6) is 0 Å². The number of aryl methyl sites for hydroxylation is 1. The van der Waals surface area contributed by atoms with Crippen LogP contribution in [0.1, 0.15) is 5.69 Å². The third-order valence-corrected chi connectivity index (χ3v) is 5.52. The molecule has 0 saturated carbocycles. The van der Waals surface area contributed by atoms with Crippen molar-refractivity contribution in [1.29, 1.82) is 0 Å². The lowest BCUT2D eigenvalue weighted by atomic mass is 10.0. The smallest absolute Gasteiger partial charge is 0.0966 e. The van der Waals surface area contributed by atoms with E-state index in [9.17, 15) is 0 Å². The minimum absolute atomic E-state index is 0.626. The van der Waals surface area contributed by atoms with E-state index in [1.807, 2.05) is 18.2 Å². The Bertz CT molecular complexity index is 1340. The first-order chi connectivity index (χ1) is 14.2. The van der Waals surface area contributed by atoms with E-state index in [0.717, 1.165) is 38.0 Å². The Balaban J connectivity index is 1.58. The van der Waals surface area contributed by atoms with Gasteiger partial charge in [-0.3, -0.25) is 15.0 Å². The second-order valence-corrected chi connectivity index (χ2v) is 7.88. The Morgan fingerprint density at radius 1 is 0.931 bits per heavy atom. The lowest BCUT2D eigenvalue weighted by Crippen LogP contribution is -2.02. The number of hydrogen-bond donors (Lipinski definition) is 1. The van der Waals surface area contributed by atoms with Crippen molar-refractivity contribution in [3.63, 3.8) is 0 Å². The van der Waals surface area contributed by atoms with Crippen molar-refractivity contribution in [2.45, 2.75) is 6.54 Å². The van der Waals surface area contributed by atoms with Crippen molar-refractivity contribution >= 4 is 43.6 Å². The second-order valence-electron chi connectivity index (χ2n) is 6.97. The van der Waals surface area contributed by atoms with E-state index in [1.165, 1.54) is 10.9 Å². The summed E-state index contributed by atoms with van der Waals surface area (Å²) in [5.74, 6) is 0. The van der Waals surface area contributed by atoms with Crippen LogP contribution < -0.4 is 5.32 Å². The van der Waals surface area contributed by atoms with Gasteiger partial charge in [0.25, 0.3) is 0 Å². The lowest BCUT2D eigenvalue weighted by Gasteiger charge is -2.12. The topological polar surface area (TPSA) is 55.6 Å². The van der Waals surface area contributed by atoms with Gasteiger partial charge < -0.3 is 9.88 Å². The lowest BCUT2D eigenvalue weighted by molar-refractivity contribution is 0.969. The highest BCUT2D eigenvalue weighted by atomic mass is 79.9. The summed E-state index contributed by atoms with van der Waals surface area (Å²) in [5, 5.41) is 4.70. The number of halogens is 1. The predicted molar refractivity (Wildman–Crippen MR) is 121 cm³/mol. The van der Waals surface area contributed by atoms with E-state index in [4.69, 9.17) is 0 Å². The minimum atomic E-state index is 0.626. The second kappa shape index (κ2) is 7.29. The van der Waals surface area contributed by atoms with Crippen LogP contribution in [-0.4, -0.2) is 19.5 Å². The number of nitrogens with zero attached hydrogens (tertiary/aromatic N) is 4. The Labute approximate surface area is 176 Å². The molecule has 5 aromatic rings. The largest absolute Gasteiger partial charge is 0.379 e.